The number of ether oxygens (including phenoxy) is 1. The lowest BCUT2D eigenvalue weighted by molar-refractivity contribution is -0.138. The summed E-state index contributed by atoms with van der Waals surface area (Å²) in [4.78, 5) is 32.1. The molecule has 1 aromatic rings. The van der Waals surface area contributed by atoms with E-state index in [-0.39, 0.29) is 23.8 Å². The first-order valence-electron chi connectivity index (χ1n) is 9.52. The van der Waals surface area contributed by atoms with Crippen molar-refractivity contribution in [1.82, 2.24) is 15.2 Å². The molecular weight excluding hydrogens is 330 g/mol. The maximum Gasteiger partial charge on any atom is 0.230 e. The highest BCUT2D eigenvalue weighted by Gasteiger charge is 2.67. The predicted molar refractivity (Wildman–Crippen MR) is 93.8 cm³/mol. The minimum absolute atomic E-state index is 0.100. The summed E-state index contributed by atoms with van der Waals surface area (Å²) in [5.41, 5.74) is 0.348. The number of rotatable bonds is 4. The molecule has 4 aliphatic rings. The molecule has 2 saturated heterocycles. The third-order valence-electron chi connectivity index (χ3n) is 6.39. The standard InChI is InChI=1S/C20H23N3O3/c24-18(22-11-13-4-3-9-21-10-13)16-15-7-8-20(26-15)12-23(19(25)17(16)20)14-5-1-2-6-14/h3-4,7-10,14-17H,1-2,5-6,11-12H2,(H,22,24)/t15-,16-,17+,20-/m1/s1. The second-order valence-corrected chi connectivity index (χ2v) is 7.88. The molecule has 6 nitrogen and oxygen atoms in total. The number of carbonyl (C=O) groups excluding carboxylic acids is 2. The van der Waals surface area contributed by atoms with Gasteiger partial charge in [0.1, 0.15) is 5.60 Å². The van der Waals surface area contributed by atoms with Gasteiger partial charge in [-0.15, -0.1) is 0 Å². The first kappa shape index (κ1) is 16.0. The molecule has 5 rings (SSSR count). The highest BCUT2D eigenvalue weighted by atomic mass is 16.5. The van der Waals surface area contributed by atoms with E-state index in [1.807, 2.05) is 29.2 Å². The van der Waals surface area contributed by atoms with E-state index in [0.29, 0.717) is 19.1 Å². The number of amides is 2. The smallest absolute Gasteiger partial charge is 0.230 e. The molecule has 1 saturated carbocycles. The normalized spacial score (nSPS) is 35.3. The number of carbonyl (C=O) groups is 2. The highest BCUT2D eigenvalue weighted by Crippen LogP contribution is 2.52. The van der Waals surface area contributed by atoms with Crippen LogP contribution in [-0.4, -0.2) is 46.0 Å². The Bertz CT molecular complexity index is 759. The fraction of sp³-hybridized carbons (Fsp3) is 0.550. The lowest BCUT2D eigenvalue weighted by Gasteiger charge is -2.27. The van der Waals surface area contributed by atoms with Gasteiger partial charge in [-0.3, -0.25) is 14.6 Å². The van der Waals surface area contributed by atoms with Crippen LogP contribution < -0.4 is 5.32 Å². The number of fused-ring (bicyclic) bond motifs is 1. The highest BCUT2D eigenvalue weighted by molar-refractivity contribution is 5.93. The van der Waals surface area contributed by atoms with Gasteiger partial charge in [0.05, 0.1) is 24.5 Å². The topological polar surface area (TPSA) is 71.5 Å². The second kappa shape index (κ2) is 5.91. The van der Waals surface area contributed by atoms with Crippen molar-refractivity contribution in [3.8, 4) is 0 Å². The maximum absolute atomic E-state index is 13.2. The Kier molecular flexibility index (Phi) is 3.64. The van der Waals surface area contributed by atoms with Gasteiger partial charge in [-0.25, -0.2) is 0 Å². The maximum atomic E-state index is 13.2. The minimum atomic E-state index is -0.597. The Hall–Kier alpha value is -2.21. The van der Waals surface area contributed by atoms with E-state index in [1.54, 1.807) is 12.4 Å². The van der Waals surface area contributed by atoms with Crippen molar-refractivity contribution in [3.05, 3.63) is 42.2 Å². The van der Waals surface area contributed by atoms with Gasteiger partial charge in [-0.05, 0) is 24.5 Å². The third-order valence-corrected chi connectivity index (χ3v) is 6.39. The molecule has 2 bridgehead atoms. The number of aromatic nitrogens is 1. The van der Waals surface area contributed by atoms with Crippen molar-refractivity contribution < 1.29 is 14.3 Å². The van der Waals surface area contributed by atoms with E-state index >= 15 is 0 Å². The molecule has 136 valence electrons. The van der Waals surface area contributed by atoms with Crippen LogP contribution in [-0.2, 0) is 20.9 Å². The van der Waals surface area contributed by atoms with Crippen molar-refractivity contribution in [1.29, 1.82) is 0 Å². The number of likely N-dealkylation sites (tertiary alicyclic amines) is 1. The predicted octanol–water partition coefficient (Wildman–Crippen LogP) is 1.42. The van der Waals surface area contributed by atoms with Gasteiger partial charge in [0, 0.05) is 25.0 Å². The molecule has 1 spiro atoms. The Labute approximate surface area is 152 Å². The second-order valence-electron chi connectivity index (χ2n) is 7.88. The zero-order chi connectivity index (χ0) is 17.7. The number of pyridine rings is 1. The Morgan fingerprint density at radius 2 is 2.23 bits per heavy atom. The summed E-state index contributed by atoms with van der Waals surface area (Å²) in [7, 11) is 0. The van der Waals surface area contributed by atoms with Gasteiger partial charge < -0.3 is 15.0 Å². The molecule has 0 aromatic carbocycles. The molecule has 1 N–H and O–H groups in total. The molecule has 2 amide bonds. The molecule has 3 fully saturated rings. The van der Waals surface area contributed by atoms with Gasteiger partial charge in [0.15, 0.2) is 0 Å². The first-order chi connectivity index (χ1) is 12.7. The number of nitrogens with one attached hydrogen (secondary N) is 1. The van der Waals surface area contributed by atoms with Crippen LogP contribution in [0, 0.1) is 11.8 Å². The van der Waals surface area contributed by atoms with E-state index in [4.69, 9.17) is 4.74 Å². The van der Waals surface area contributed by atoms with Crippen molar-refractivity contribution in [2.75, 3.05) is 6.54 Å². The molecule has 26 heavy (non-hydrogen) atoms. The average Bonchev–Trinajstić information content (AvgIpc) is 3.42. The van der Waals surface area contributed by atoms with Crippen LogP contribution in [0.1, 0.15) is 31.2 Å². The van der Waals surface area contributed by atoms with Gasteiger partial charge in [-0.2, -0.15) is 0 Å². The van der Waals surface area contributed by atoms with Gasteiger partial charge in [0.25, 0.3) is 0 Å². The van der Waals surface area contributed by atoms with E-state index in [9.17, 15) is 9.59 Å². The fourth-order valence-corrected chi connectivity index (χ4v) is 5.16. The van der Waals surface area contributed by atoms with Crippen LogP contribution in [0.2, 0.25) is 0 Å². The molecule has 1 aromatic heterocycles. The Balaban J connectivity index is 1.34. The van der Waals surface area contributed by atoms with E-state index in [2.05, 4.69) is 10.3 Å². The fourth-order valence-electron chi connectivity index (χ4n) is 5.16. The summed E-state index contributed by atoms with van der Waals surface area (Å²) in [6.07, 6.45) is 11.7. The van der Waals surface area contributed by atoms with Gasteiger partial charge >= 0.3 is 0 Å². The Morgan fingerprint density at radius 3 is 3.00 bits per heavy atom. The molecule has 4 atom stereocenters. The summed E-state index contributed by atoms with van der Waals surface area (Å²) < 4.78 is 6.18. The molecule has 0 unspecified atom stereocenters. The van der Waals surface area contributed by atoms with Gasteiger partial charge in [-0.1, -0.05) is 31.1 Å². The van der Waals surface area contributed by atoms with Crippen molar-refractivity contribution in [2.45, 2.75) is 50.0 Å². The van der Waals surface area contributed by atoms with Crippen LogP contribution in [0.3, 0.4) is 0 Å². The summed E-state index contributed by atoms with van der Waals surface area (Å²) in [5, 5.41) is 2.98. The third kappa shape index (κ3) is 2.31. The van der Waals surface area contributed by atoms with Gasteiger partial charge in [0.2, 0.25) is 11.8 Å². The SMILES string of the molecule is O=C(NCc1cccnc1)[C@H]1[C@H]2C(=O)N(C3CCCC3)C[C@]23C=C[C@H]1O3. The summed E-state index contributed by atoms with van der Waals surface area (Å²) >= 11 is 0. The number of hydrogen-bond acceptors (Lipinski definition) is 4. The summed E-state index contributed by atoms with van der Waals surface area (Å²) in [6, 6.07) is 4.09. The van der Waals surface area contributed by atoms with Crippen molar-refractivity contribution >= 4 is 11.8 Å². The number of nitrogens with zero attached hydrogens (tertiary/aromatic N) is 2. The van der Waals surface area contributed by atoms with E-state index in [0.717, 1.165) is 18.4 Å². The van der Waals surface area contributed by atoms with Crippen LogP contribution in [0.15, 0.2) is 36.7 Å². The van der Waals surface area contributed by atoms with Crippen LogP contribution in [0.25, 0.3) is 0 Å². The molecule has 0 radical (unpaired) electrons. The zero-order valence-corrected chi connectivity index (χ0v) is 14.6. The van der Waals surface area contributed by atoms with Crippen LogP contribution in [0.4, 0.5) is 0 Å². The van der Waals surface area contributed by atoms with Crippen LogP contribution in [0.5, 0.6) is 0 Å². The average molecular weight is 353 g/mol. The first-order valence-corrected chi connectivity index (χ1v) is 9.52. The quantitative estimate of drug-likeness (QED) is 0.831. The molecule has 6 heteroatoms. The van der Waals surface area contributed by atoms with Crippen molar-refractivity contribution in [2.24, 2.45) is 11.8 Å². The molecular formula is C20H23N3O3. The zero-order valence-electron chi connectivity index (χ0n) is 14.6. The lowest BCUT2D eigenvalue weighted by atomic mass is 9.77. The molecule has 3 aliphatic heterocycles. The molecule has 1 aliphatic carbocycles. The Morgan fingerprint density at radius 1 is 1.38 bits per heavy atom. The largest absolute Gasteiger partial charge is 0.360 e. The number of hydrogen-bond donors (Lipinski definition) is 1. The summed E-state index contributed by atoms with van der Waals surface area (Å²) in [6.45, 7) is 1.01. The summed E-state index contributed by atoms with van der Waals surface area (Å²) in [5.74, 6) is -0.815. The van der Waals surface area contributed by atoms with Crippen molar-refractivity contribution in [3.63, 3.8) is 0 Å². The lowest BCUT2D eigenvalue weighted by Crippen LogP contribution is -2.44. The van der Waals surface area contributed by atoms with E-state index in [1.165, 1.54) is 12.8 Å². The monoisotopic (exact) mass is 353 g/mol. The molecule has 4 heterocycles. The minimum Gasteiger partial charge on any atom is -0.360 e. The van der Waals surface area contributed by atoms with Crippen LogP contribution >= 0.6 is 0 Å². The van der Waals surface area contributed by atoms with E-state index < -0.39 is 11.5 Å².